The molecule has 0 aliphatic heterocycles. The summed E-state index contributed by atoms with van der Waals surface area (Å²) in [6.07, 6.45) is 1.49. The molecule has 1 saturated carbocycles. The van der Waals surface area contributed by atoms with Crippen molar-refractivity contribution in [1.82, 2.24) is 5.32 Å². The number of hydrogen-bond donors (Lipinski definition) is 1. The lowest BCUT2D eigenvalue weighted by Gasteiger charge is -2.14. The molecular formula is C12H14FNO2. The van der Waals surface area contributed by atoms with Gasteiger partial charge in [-0.05, 0) is 31.9 Å². The van der Waals surface area contributed by atoms with Gasteiger partial charge in [0.05, 0.1) is 0 Å². The first-order valence-corrected chi connectivity index (χ1v) is 5.38. The molecule has 4 heteroatoms. The van der Waals surface area contributed by atoms with Crippen molar-refractivity contribution in [2.75, 3.05) is 0 Å². The van der Waals surface area contributed by atoms with Crippen LogP contribution in [0.3, 0.4) is 0 Å². The van der Waals surface area contributed by atoms with Crippen molar-refractivity contribution in [3.63, 3.8) is 0 Å². The molecule has 0 heterocycles. The minimum absolute atomic E-state index is 0.147. The van der Waals surface area contributed by atoms with E-state index in [4.69, 9.17) is 4.74 Å². The van der Waals surface area contributed by atoms with Gasteiger partial charge < -0.3 is 10.1 Å². The topological polar surface area (TPSA) is 38.3 Å². The largest absolute Gasteiger partial charge is 0.481 e. The summed E-state index contributed by atoms with van der Waals surface area (Å²) in [7, 11) is 0. The highest BCUT2D eigenvalue weighted by atomic mass is 19.1. The van der Waals surface area contributed by atoms with Crippen molar-refractivity contribution in [1.29, 1.82) is 0 Å². The van der Waals surface area contributed by atoms with Gasteiger partial charge in [0.2, 0.25) is 0 Å². The second-order valence-corrected chi connectivity index (χ2v) is 4.00. The Kier molecular flexibility index (Phi) is 3.08. The summed E-state index contributed by atoms with van der Waals surface area (Å²) >= 11 is 0. The van der Waals surface area contributed by atoms with Crippen LogP contribution in [0.5, 0.6) is 5.75 Å². The molecule has 1 aromatic carbocycles. The molecule has 0 radical (unpaired) electrons. The van der Waals surface area contributed by atoms with E-state index in [-0.39, 0.29) is 11.7 Å². The highest BCUT2D eigenvalue weighted by molar-refractivity contribution is 5.81. The Bertz CT molecular complexity index is 390. The number of rotatable bonds is 4. The quantitative estimate of drug-likeness (QED) is 0.846. The fourth-order valence-corrected chi connectivity index (χ4v) is 1.34. The molecule has 86 valence electrons. The second kappa shape index (κ2) is 4.51. The van der Waals surface area contributed by atoms with Crippen LogP contribution in [0, 0.1) is 5.82 Å². The minimum Gasteiger partial charge on any atom is -0.481 e. The predicted octanol–water partition coefficient (Wildman–Crippen LogP) is 1.87. The van der Waals surface area contributed by atoms with E-state index in [1.54, 1.807) is 19.1 Å². The van der Waals surface area contributed by atoms with Crippen LogP contribution in [0.4, 0.5) is 4.39 Å². The summed E-state index contributed by atoms with van der Waals surface area (Å²) in [5.74, 6) is -0.141. The van der Waals surface area contributed by atoms with Gasteiger partial charge in [-0.2, -0.15) is 0 Å². The van der Waals surface area contributed by atoms with Gasteiger partial charge in [-0.15, -0.1) is 0 Å². The number of carbonyl (C=O) groups is 1. The summed E-state index contributed by atoms with van der Waals surface area (Å²) < 4.78 is 18.2. The number of amides is 1. The van der Waals surface area contributed by atoms with Gasteiger partial charge in [-0.3, -0.25) is 4.79 Å². The maximum absolute atomic E-state index is 12.9. The van der Waals surface area contributed by atoms with Crippen LogP contribution in [0.25, 0.3) is 0 Å². The van der Waals surface area contributed by atoms with Crippen LogP contribution in [0.2, 0.25) is 0 Å². The zero-order valence-electron chi connectivity index (χ0n) is 9.07. The third kappa shape index (κ3) is 2.95. The second-order valence-electron chi connectivity index (χ2n) is 4.00. The maximum atomic E-state index is 12.9. The van der Waals surface area contributed by atoms with E-state index in [0.717, 1.165) is 12.8 Å². The van der Waals surface area contributed by atoms with E-state index < -0.39 is 6.10 Å². The smallest absolute Gasteiger partial charge is 0.260 e. The molecule has 3 nitrogen and oxygen atoms in total. The fraction of sp³-hybridized carbons (Fsp3) is 0.417. The SMILES string of the molecule is C[C@@H](Oc1cccc(F)c1)C(=O)NC1CC1. The Hall–Kier alpha value is -1.58. The Morgan fingerprint density at radius 1 is 1.56 bits per heavy atom. The Labute approximate surface area is 93.6 Å². The first-order valence-electron chi connectivity index (χ1n) is 5.38. The van der Waals surface area contributed by atoms with Gasteiger partial charge in [0.15, 0.2) is 6.10 Å². The van der Waals surface area contributed by atoms with Gasteiger partial charge in [0, 0.05) is 12.1 Å². The summed E-state index contributed by atoms with van der Waals surface area (Å²) in [5, 5.41) is 2.83. The third-order valence-corrected chi connectivity index (χ3v) is 2.40. The molecule has 1 aliphatic rings. The molecule has 0 unspecified atom stereocenters. The highest BCUT2D eigenvalue weighted by Crippen LogP contribution is 2.19. The maximum Gasteiger partial charge on any atom is 0.260 e. The lowest BCUT2D eigenvalue weighted by atomic mass is 10.3. The van der Waals surface area contributed by atoms with Crippen molar-refractivity contribution in [3.8, 4) is 5.75 Å². The van der Waals surface area contributed by atoms with E-state index in [0.29, 0.717) is 11.8 Å². The number of nitrogens with one attached hydrogen (secondary N) is 1. The number of hydrogen-bond acceptors (Lipinski definition) is 2. The molecule has 16 heavy (non-hydrogen) atoms. The van der Waals surface area contributed by atoms with Crippen LogP contribution in [-0.4, -0.2) is 18.1 Å². The van der Waals surface area contributed by atoms with Crippen molar-refractivity contribution in [2.24, 2.45) is 0 Å². The van der Waals surface area contributed by atoms with Crippen LogP contribution < -0.4 is 10.1 Å². The van der Waals surface area contributed by atoms with Crippen molar-refractivity contribution in [2.45, 2.75) is 31.9 Å². The number of ether oxygens (including phenoxy) is 1. The molecule has 1 aromatic rings. The number of halogens is 1. The number of carbonyl (C=O) groups excluding carboxylic acids is 1. The van der Waals surface area contributed by atoms with Crippen LogP contribution >= 0.6 is 0 Å². The average Bonchev–Trinajstić information content (AvgIpc) is 3.01. The third-order valence-electron chi connectivity index (χ3n) is 2.40. The van der Waals surface area contributed by atoms with E-state index in [2.05, 4.69) is 5.32 Å². The standard InChI is InChI=1S/C12H14FNO2/c1-8(12(15)14-10-5-6-10)16-11-4-2-3-9(13)7-11/h2-4,7-8,10H,5-6H2,1H3,(H,14,15)/t8-/m1/s1. The average molecular weight is 223 g/mol. The van der Waals surface area contributed by atoms with E-state index in [1.165, 1.54) is 12.1 Å². The number of benzene rings is 1. The van der Waals surface area contributed by atoms with Gasteiger partial charge in [0.1, 0.15) is 11.6 Å². The monoisotopic (exact) mass is 223 g/mol. The highest BCUT2D eigenvalue weighted by Gasteiger charge is 2.26. The van der Waals surface area contributed by atoms with E-state index in [1.807, 2.05) is 0 Å². The van der Waals surface area contributed by atoms with Gasteiger partial charge in [-0.1, -0.05) is 6.07 Å². The molecule has 0 aromatic heterocycles. The lowest BCUT2D eigenvalue weighted by Crippen LogP contribution is -2.37. The first-order chi connectivity index (χ1) is 7.65. The van der Waals surface area contributed by atoms with E-state index in [9.17, 15) is 9.18 Å². The molecule has 1 aliphatic carbocycles. The van der Waals surface area contributed by atoms with Gasteiger partial charge >= 0.3 is 0 Å². The summed E-state index contributed by atoms with van der Waals surface area (Å²) in [5.41, 5.74) is 0. The van der Waals surface area contributed by atoms with Crippen LogP contribution in [-0.2, 0) is 4.79 Å². The normalized spacial score (nSPS) is 16.6. The predicted molar refractivity (Wildman–Crippen MR) is 57.7 cm³/mol. The molecule has 1 fully saturated rings. The molecule has 1 N–H and O–H groups in total. The first kappa shape index (κ1) is 10.9. The van der Waals surface area contributed by atoms with E-state index >= 15 is 0 Å². The summed E-state index contributed by atoms with van der Waals surface area (Å²) in [6.45, 7) is 1.66. The van der Waals surface area contributed by atoms with Crippen molar-refractivity contribution < 1.29 is 13.9 Å². The summed E-state index contributed by atoms with van der Waals surface area (Å²) in [6, 6.07) is 6.09. The molecule has 2 rings (SSSR count). The Morgan fingerprint density at radius 2 is 2.31 bits per heavy atom. The Morgan fingerprint density at radius 3 is 2.94 bits per heavy atom. The Balaban J connectivity index is 1.90. The molecule has 1 amide bonds. The van der Waals surface area contributed by atoms with Crippen molar-refractivity contribution >= 4 is 5.91 Å². The van der Waals surface area contributed by atoms with Crippen LogP contribution in [0.1, 0.15) is 19.8 Å². The molecular weight excluding hydrogens is 209 g/mol. The van der Waals surface area contributed by atoms with Gasteiger partial charge in [0.25, 0.3) is 5.91 Å². The molecule has 0 bridgehead atoms. The molecule has 1 atom stereocenters. The zero-order valence-corrected chi connectivity index (χ0v) is 9.07. The fourth-order valence-electron chi connectivity index (χ4n) is 1.34. The van der Waals surface area contributed by atoms with Crippen LogP contribution in [0.15, 0.2) is 24.3 Å². The zero-order chi connectivity index (χ0) is 11.5. The van der Waals surface area contributed by atoms with Crippen molar-refractivity contribution in [3.05, 3.63) is 30.1 Å². The van der Waals surface area contributed by atoms with Gasteiger partial charge in [-0.25, -0.2) is 4.39 Å². The molecule has 0 spiro atoms. The molecule has 0 saturated heterocycles. The minimum atomic E-state index is -0.595. The summed E-state index contributed by atoms with van der Waals surface area (Å²) in [4.78, 5) is 11.6. The lowest BCUT2D eigenvalue weighted by molar-refractivity contribution is -0.127.